The second-order valence-corrected chi connectivity index (χ2v) is 6.60. The maximum atomic E-state index is 12.4. The van der Waals surface area contributed by atoms with E-state index >= 15 is 0 Å². The fourth-order valence-electron chi connectivity index (χ4n) is 1.64. The van der Waals surface area contributed by atoms with Crippen LogP contribution in [0, 0.1) is 11.3 Å². The summed E-state index contributed by atoms with van der Waals surface area (Å²) in [5.41, 5.74) is 1.16. The molecule has 0 radical (unpaired) electrons. The Morgan fingerprint density at radius 2 is 2.00 bits per heavy atom. The molecule has 0 amide bonds. The number of rotatable bonds is 7. The molecule has 0 saturated heterocycles. The summed E-state index contributed by atoms with van der Waals surface area (Å²) in [4.78, 5) is 0. The lowest BCUT2D eigenvalue weighted by atomic mass is 10.2. The molecule has 1 atom stereocenters. The van der Waals surface area contributed by atoms with Crippen LogP contribution in [0.3, 0.4) is 0 Å². The fourth-order valence-corrected chi connectivity index (χ4v) is 3.63. The van der Waals surface area contributed by atoms with E-state index in [0.717, 1.165) is 12.0 Å². The van der Waals surface area contributed by atoms with Crippen LogP contribution in [0.15, 0.2) is 30.3 Å². The van der Waals surface area contributed by atoms with Crippen LogP contribution >= 0.6 is 7.37 Å². The van der Waals surface area contributed by atoms with Crippen molar-refractivity contribution in [3.63, 3.8) is 0 Å². The zero-order valence-electron chi connectivity index (χ0n) is 10.1. The van der Waals surface area contributed by atoms with Gasteiger partial charge in [0, 0.05) is 18.7 Å². The minimum absolute atomic E-state index is 0.298. The van der Waals surface area contributed by atoms with Crippen LogP contribution in [0.5, 0.6) is 0 Å². The third-order valence-electron chi connectivity index (χ3n) is 2.51. The van der Waals surface area contributed by atoms with E-state index in [-0.39, 0.29) is 0 Å². The summed E-state index contributed by atoms with van der Waals surface area (Å²) < 4.78 is 17.7. The Labute approximate surface area is 103 Å². The Balaban J connectivity index is 2.55. The molecular weight excluding hydrogens is 233 g/mol. The molecule has 0 spiro atoms. The molecule has 1 unspecified atom stereocenters. The van der Waals surface area contributed by atoms with Crippen molar-refractivity contribution in [1.82, 2.24) is 0 Å². The smallest absolute Gasteiger partial charge is 0.204 e. The van der Waals surface area contributed by atoms with Crippen molar-refractivity contribution in [2.45, 2.75) is 19.8 Å². The van der Waals surface area contributed by atoms with Gasteiger partial charge in [-0.25, -0.2) is 0 Å². The highest BCUT2D eigenvalue weighted by molar-refractivity contribution is 7.58. The van der Waals surface area contributed by atoms with E-state index in [4.69, 9.17) is 9.79 Å². The van der Waals surface area contributed by atoms with Crippen LogP contribution in [-0.2, 0) is 15.5 Å². The highest BCUT2D eigenvalue weighted by Gasteiger charge is 2.21. The van der Waals surface area contributed by atoms with Crippen molar-refractivity contribution in [2.24, 2.45) is 0 Å². The van der Waals surface area contributed by atoms with Crippen molar-refractivity contribution in [1.29, 1.82) is 5.26 Å². The lowest BCUT2D eigenvalue weighted by Gasteiger charge is -2.16. The summed E-state index contributed by atoms with van der Waals surface area (Å²) in [6.45, 7) is 2.28. The minimum atomic E-state index is -2.62. The fraction of sp³-hybridized carbons (Fsp3) is 0.462. The molecule has 1 aromatic carbocycles. The lowest BCUT2D eigenvalue weighted by Crippen LogP contribution is -2.02. The van der Waals surface area contributed by atoms with E-state index in [1.165, 1.54) is 0 Å². The molecule has 92 valence electrons. The van der Waals surface area contributed by atoms with E-state index in [2.05, 4.69) is 0 Å². The molecule has 1 aromatic rings. The molecule has 0 fully saturated rings. The first-order valence-electron chi connectivity index (χ1n) is 5.83. The van der Waals surface area contributed by atoms with Gasteiger partial charge in [-0.3, -0.25) is 4.57 Å². The first kappa shape index (κ1) is 14.0. The average molecular weight is 251 g/mol. The molecule has 0 bridgehead atoms. The maximum Gasteiger partial charge on any atom is 0.204 e. The molecule has 17 heavy (non-hydrogen) atoms. The van der Waals surface area contributed by atoms with Crippen LogP contribution in [0.25, 0.3) is 0 Å². The first-order valence-corrected chi connectivity index (χ1v) is 7.83. The molecule has 0 N–H and O–H groups in total. The normalized spacial score (nSPS) is 13.9. The first-order chi connectivity index (χ1) is 8.20. The molecule has 1 rings (SSSR count). The van der Waals surface area contributed by atoms with Crippen LogP contribution in [0.2, 0.25) is 0 Å². The molecule has 3 nitrogen and oxygen atoms in total. The van der Waals surface area contributed by atoms with E-state index in [0.29, 0.717) is 25.4 Å². The highest BCUT2D eigenvalue weighted by atomic mass is 31.2. The Kier molecular flexibility index (Phi) is 5.97. The molecule has 0 saturated carbocycles. The van der Waals surface area contributed by atoms with Gasteiger partial charge in [-0.15, -0.1) is 0 Å². The van der Waals surface area contributed by atoms with Crippen LogP contribution in [0.4, 0.5) is 0 Å². The van der Waals surface area contributed by atoms with Gasteiger partial charge in [-0.05, 0) is 18.9 Å². The topological polar surface area (TPSA) is 50.1 Å². The monoisotopic (exact) mass is 251 g/mol. The number of benzene rings is 1. The van der Waals surface area contributed by atoms with Gasteiger partial charge >= 0.3 is 0 Å². The third-order valence-corrected chi connectivity index (χ3v) is 5.05. The molecular formula is C13H18NO2P. The molecule has 4 heteroatoms. The summed E-state index contributed by atoms with van der Waals surface area (Å²) >= 11 is 0. The molecule has 0 aliphatic heterocycles. The second-order valence-electron chi connectivity index (χ2n) is 3.82. The van der Waals surface area contributed by atoms with Crippen LogP contribution in [0.1, 0.15) is 18.9 Å². The number of nitriles is 1. The summed E-state index contributed by atoms with van der Waals surface area (Å²) in [6, 6.07) is 12.0. The molecule has 0 aromatic heterocycles. The van der Waals surface area contributed by atoms with Gasteiger partial charge in [-0.2, -0.15) is 5.26 Å². The Hall–Kier alpha value is -1.10. The summed E-state index contributed by atoms with van der Waals surface area (Å²) in [5.74, 6) is 0. The summed E-state index contributed by atoms with van der Waals surface area (Å²) in [6.07, 6.45) is 1.92. The predicted molar refractivity (Wildman–Crippen MR) is 69.3 cm³/mol. The van der Waals surface area contributed by atoms with E-state index in [9.17, 15) is 4.57 Å². The van der Waals surface area contributed by atoms with Gasteiger partial charge in [-0.1, -0.05) is 30.3 Å². The minimum Gasteiger partial charge on any atom is -0.329 e. The zero-order chi connectivity index (χ0) is 12.6. The number of nitrogens with zero attached hydrogens (tertiary/aromatic N) is 1. The van der Waals surface area contributed by atoms with Gasteiger partial charge in [0.25, 0.3) is 0 Å². The Morgan fingerprint density at radius 3 is 2.59 bits per heavy atom. The van der Waals surface area contributed by atoms with Crippen molar-refractivity contribution in [3.05, 3.63) is 35.9 Å². The SMILES string of the molecule is CCOP(=O)(CCC#N)CCc1ccccc1. The third kappa shape index (κ3) is 5.17. The molecule has 0 aliphatic carbocycles. The van der Waals surface area contributed by atoms with Gasteiger partial charge < -0.3 is 4.52 Å². The Morgan fingerprint density at radius 1 is 1.29 bits per heavy atom. The molecule has 0 aliphatic rings. The number of aryl methyl sites for hydroxylation is 1. The van der Waals surface area contributed by atoms with Gasteiger partial charge in [0.2, 0.25) is 7.37 Å². The van der Waals surface area contributed by atoms with Crippen molar-refractivity contribution in [3.8, 4) is 6.07 Å². The van der Waals surface area contributed by atoms with E-state index in [1.807, 2.05) is 43.3 Å². The van der Waals surface area contributed by atoms with Crippen LogP contribution < -0.4 is 0 Å². The van der Waals surface area contributed by atoms with E-state index < -0.39 is 7.37 Å². The summed E-state index contributed by atoms with van der Waals surface area (Å²) in [5, 5.41) is 8.56. The number of hydrogen-bond acceptors (Lipinski definition) is 3. The van der Waals surface area contributed by atoms with Crippen LogP contribution in [-0.4, -0.2) is 18.9 Å². The van der Waals surface area contributed by atoms with E-state index in [1.54, 1.807) is 0 Å². The van der Waals surface area contributed by atoms with Crippen molar-refractivity contribution in [2.75, 3.05) is 18.9 Å². The summed E-state index contributed by atoms with van der Waals surface area (Å²) in [7, 11) is -2.62. The quantitative estimate of drug-likeness (QED) is 0.697. The second kappa shape index (κ2) is 7.27. The standard InChI is InChI=1S/C13H18NO2P/c1-2-16-17(15,11-6-10-14)12-9-13-7-4-3-5-8-13/h3-5,7-8H,2,6,9,11-12H2,1H3. The maximum absolute atomic E-state index is 12.4. The Bertz CT molecular complexity index is 411. The highest BCUT2D eigenvalue weighted by Crippen LogP contribution is 2.47. The number of hydrogen-bond donors (Lipinski definition) is 0. The largest absolute Gasteiger partial charge is 0.329 e. The average Bonchev–Trinajstić information content (AvgIpc) is 2.36. The van der Waals surface area contributed by atoms with Gasteiger partial charge in [0.05, 0.1) is 12.7 Å². The lowest BCUT2D eigenvalue weighted by molar-refractivity contribution is 0.333. The van der Waals surface area contributed by atoms with Gasteiger partial charge in [0.1, 0.15) is 0 Å². The van der Waals surface area contributed by atoms with Crippen molar-refractivity contribution < 1.29 is 9.09 Å². The predicted octanol–water partition coefficient (Wildman–Crippen LogP) is 3.46. The van der Waals surface area contributed by atoms with Crippen molar-refractivity contribution >= 4 is 7.37 Å². The van der Waals surface area contributed by atoms with Gasteiger partial charge in [0.15, 0.2) is 0 Å². The molecule has 0 heterocycles. The zero-order valence-corrected chi connectivity index (χ0v) is 11.0.